The third kappa shape index (κ3) is 3.08. The van der Waals surface area contributed by atoms with Crippen molar-refractivity contribution in [1.82, 2.24) is 0 Å². The van der Waals surface area contributed by atoms with Gasteiger partial charge in [-0.2, -0.15) is 0 Å². The average Bonchev–Trinajstić information content (AvgIpc) is 2.18. The van der Waals surface area contributed by atoms with E-state index in [1.54, 1.807) is 17.8 Å². The van der Waals surface area contributed by atoms with E-state index < -0.39 is 12.5 Å². The normalized spacial score (nSPS) is 9.69. The number of carbonyl (C=O) groups excluding carboxylic acids is 1. The summed E-state index contributed by atoms with van der Waals surface area (Å²) in [5, 5.41) is 11.1. The molecular weight excluding hydrogens is 186 g/mol. The Bertz CT molecular complexity index is 301. The quantitative estimate of drug-likeness (QED) is 0.719. The molecule has 0 heterocycles. The van der Waals surface area contributed by atoms with Gasteiger partial charge in [0.25, 0.3) is 0 Å². The molecule has 0 aliphatic carbocycles. The lowest BCUT2D eigenvalue weighted by molar-refractivity contribution is -0.118. The highest BCUT2D eigenvalue weighted by Gasteiger charge is 1.99. The largest absolute Gasteiger partial charge is 0.387 e. The van der Waals surface area contributed by atoms with Crippen LogP contribution in [0.25, 0.3) is 0 Å². The SMILES string of the molecule is CSc1cccc(NC(=O)CO)c1. The van der Waals surface area contributed by atoms with Gasteiger partial charge in [-0.1, -0.05) is 6.07 Å². The van der Waals surface area contributed by atoms with Crippen molar-refractivity contribution >= 4 is 23.4 Å². The van der Waals surface area contributed by atoms with Crippen LogP contribution in [0.4, 0.5) is 5.69 Å². The predicted molar refractivity (Wildman–Crippen MR) is 53.9 cm³/mol. The van der Waals surface area contributed by atoms with E-state index in [9.17, 15) is 4.79 Å². The van der Waals surface area contributed by atoms with Gasteiger partial charge in [0, 0.05) is 10.6 Å². The Morgan fingerprint density at radius 1 is 1.62 bits per heavy atom. The number of nitrogens with one attached hydrogen (secondary N) is 1. The van der Waals surface area contributed by atoms with Gasteiger partial charge in [0.05, 0.1) is 0 Å². The monoisotopic (exact) mass is 197 g/mol. The zero-order chi connectivity index (χ0) is 9.68. The standard InChI is InChI=1S/C9H11NO2S/c1-13-8-4-2-3-7(5-8)10-9(12)6-11/h2-5,11H,6H2,1H3,(H,10,12). The van der Waals surface area contributed by atoms with Crippen LogP contribution in [-0.2, 0) is 4.79 Å². The fourth-order valence-electron chi connectivity index (χ4n) is 0.901. The van der Waals surface area contributed by atoms with Crippen molar-refractivity contribution in [3.05, 3.63) is 24.3 Å². The maximum absolute atomic E-state index is 10.8. The molecule has 1 amide bonds. The van der Waals surface area contributed by atoms with Crippen molar-refractivity contribution in [3.63, 3.8) is 0 Å². The molecule has 4 heteroatoms. The summed E-state index contributed by atoms with van der Waals surface area (Å²) in [7, 11) is 0. The first-order valence-corrected chi connectivity index (χ1v) is 5.03. The van der Waals surface area contributed by atoms with E-state index in [2.05, 4.69) is 5.32 Å². The van der Waals surface area contributed by atoms with Crippen LogP contribution in [0, 0.1) is 0 Å². The number of amides is 1. The predicted octanol–water partition coefficient (Wildman–Crippen LogP) is 1.34. The molecule has 0 bridgehead atoms. The second kappa shape index (κ2) is 4.89. The molecule has 0 saturated carbocycles. The molecule has 3 nitrogen and oxygen atoms in total. The Kier molecular flexibility index (Phi) is 3.79. The zero-order valence-corrected chi connectivity index (χ0v) is 8.10. The van der Waals surface area contributed by atoms with Gasteiger partial charge in [0.1, 0.15) is 6.61 Å². The lowest BCUT2D eigenvalue weighted by atomic mass is 10.3. The van der Waals surface area contributed by atoms with Gasteiger partial charge in [-0.15, -0.1) is 11.8 Å². The van der Waals surface area contributed by atoms with Crippen molar-refractivity contribution in [2.75, 3.05) is 18.2 Å². The minimum Gasteiger partial charge on any atom is -0.387 e. The summed E-state index contributed by atoms with van der Waals surface area (Å²) >= 11 is 1.60. The number of anilines is 1. The van der Waals surface area contributed by atoms with Crippen LogP contribution in [-0.4, -0.2) is 23.9 Å². The maximum atomic E-state index is 10.8. The second-order valence-electron chi connectivity index (χ2n) is 2.44. The molecule has 70 valence electrons. The summed E-state index contributed by atoms with van der Waals surface area (Å²) in [5.41, 5.74) is 0.714. The highest BCUT2D eigenvalue weighted by molar-refractivity contribution is 7.98. The highest BCUT2D eigenvalue weighted by Crippen LogP contribution is 2.18. The molecular formula is C9H11NO2S. The first-order chi connectivity index (χ1) is 6.26. The molecule has 0 aliphatic rings. The zero-order valence-electron chi connectivity index (χ0n) is 7.28. The number of rotatable bonds is 3. The Labute approximate surface area is 81.2 Å². The number of carbonyl (C=O) groups is 1. The molecule has 0 atom stereocenters. The van der Waals surface area contributed by atoms with E-state index in [1.165, 1.54) is 0 Å². The minimum absolute atomic E-state index is 0.391. The number of thioether (sulfide) groups is 1. The van der Waals surface area contributed by atoms with Crippen LogP contribution < -0.4 is 5.32 Å². The first kappa shape index (κ1) is 10.1. The molecule has 1 aromatic carbocycles. The summed E-state index contributed by atoms with van der Waals surface area (Å²) in [6.07, 6.45) is 1.97. The maximum Gasteiger partial charge on any atom is 0.250 e. The Morgan fingerprint density at radius 3 is 3.00 bits per heavy atom. The van der Waals surface area contributed by atoms with Gasteiger partial charge in [-0.05, 0) is 24.5 Å². The van der Waals surface area contributed by atoms with E-state index in [0.29, 0.717) is 5.69 Å². The van der Waals surface area contributed by atoms with E-state index >= 15 is 0 Å². The Morgan fingerprint density at radius 2 is 2.38 bits per heavy atom. The summed E-state index contributed by atoms with van der Waals surface area (Å²) < 4.78 is 0. The molecule has 0 aromatic heterocycles. The van der Waals surface area contributed by atoms with E-state index in [4.69, 9.17) is 5.11 Å². The van der Waals surface area contributed by atoms with Gasteiger partial charge in [0.2, 0.25) is 5.91 Å². The van der Waals surface area contributed by atoms with E-state index in [0.717, 1.165) is 4.90 Å². The molecule has 0 fully saturated rings. The van der Waals surface area contributed by atoms with Crippen LogP contribution in [0.15, 0.2) is 29.2 Å². The minimum atomic E-state index is -0.483. The summed E-state index contributed by atoms with van der Waals surface area (Å²) in [5.74, 6) is -0.391. The molecule has 0 spiro atoms. The third-order valence-corrected chi connectivity index (χ3v) is 2.22. The Hall–Kier alpha value is -1.00. The second-order valence-corrected chi connectivity index (χ2v) is 3.32. The van der Waals surface area contributed by atoms with Crippen molar-refractivity contribution in [2.45, 2.75) is 4.90 Å². The summed E-state index contributed by atoms with van der Waals surface area (Å²) in [6.45, 7) is -0.483. The van der Waals surface area contributed by atoms with Crippen LogP contribution in [0.5, 0.6) is 0 Å². The number of aliphatic hydroxyl groups excluding tert-OH is 1. The van der Waals surface area contributed by atoms with E-state index in [-0.39, 0.29) is 0 Å². The third-order valence-electron chi connectivity index (χ3n) is 1.50. The molecule has 1 aromatic rings. The highest BCUT2D eigenvalue weighted by atomic mass is 32.2. The molecule has 0 saturated heterocycles. The lowest BCUT2D eigenvalue weighted by Crippen LogP contribution is -2.15. The topological polar surface area (TPSA) is 49.3 Å². The summed E-state index contributed by atoms with van der Waals surface area (Å²) in [4.78, 5) is 11.9. The number of benzene rings is 1. The van der Waals surface area contributed by atoms with Crippen LogP contribution >= 0.6 is 11.8 Å². The fraction of sp³-hybridized carbons (Fsp3) is 0.222. The van der Waals surface area contributed by atoms with Crippen molar-refractivity contribution in [2.24, 2.45) is 0 Å². The molecule has 2 N–H and O–H groups in total. The van der Waals surface area contributed by atoms with Crippen LogP contribution in [0.3, 0.4) is 0 Å². The van der Waals surface area contributed by atoms with Crippen molar-refractivity contribution in [1.29, 1.82) is 0 Å². The van der Waals surface area contributed by atoms with Crippen molar-refractivity contribution in [3.8, 4) is 0 Å². The molecule has 0 aliphatic heterocycles. The van der Waals surface area contributed by atoms with Gasteiger partial charge in [-0.3, -0.25) is 4.79 Å². The van der Waals surface area contributed by atoms with Gasteiger partial charge in [-0.25, -0.2) is 0 Å². The smallest absolute Gasteiger partial charge is 0.250 e. The van der Waals surface area contributed by atoms with Gasteiger partial charge in [0.15, 0.2) is 0 Å². The fourth-order valence-corrected chi connectivity index (χ4v) is 1.36. The number of hydrogen-bond acceptors (Lipinski definition) is 3. The first-order valence-electron chi connectivity index (χ1n) is 3.81. The molecule has 13 heavy (non-hydrogen) atoms. The Balaban J connectivity index is 2.71. The van der Waals surface area contributed by atoms with E-state index in [1.807, 2.05) is 24.5 Å². The number of aliphatic hydroxyl groups is 1. The van der Waals surface area contributed by atoms with Crippen molar-refractivity contribution < 1.29 is 9.90 Å². The lowest BCUT2D eigenvalue weighted by Gasteiger charge is -2.03. The number of hydrogen-bond donors (Lipinski definition) is 2. The molecule has 0 unspecified atom stereocenters. The summed E-state index contributed by atoms with van der Waals surface area (Å²) in [6, 6.07) is 7.46. The van der Waals surface area contributed by atoms with Crippen LogP contribution in [0.1, 0.15) is 0 Å². The molecule has 1 rings (SSSR count). The van der Waals surface area contributed by atoms with Crippen LogP contribution in [0.2, 0.25) is 0 Å². The van der Waals surface area contributed by atoms with Gasteiger partial charge >= 0.3 is 0 Å². The van der Waals surface area contributed by atoms with Gasteiger partial charge < -0.3 is 10.4 Å². The molecule has 0 radical (unpaired) electrons. The average molecular weight is 197 g/mol.